The number of anilines is 1. The number of nitrogens with zero attached hydrogens (tertiary/aromatic N) is 3. The lowest BCUT2D eigenvalue weighted by Gasteiger charge is -2.34. The quantitative estimate of drug-likeness (QED) is 0.883. The van der Waals surface area contributed by atoms with Crippen LogP contribution in [0.4, 0.5) is 5.69 Å². The van der Waals surface area contributed by atoms with Crippen molar-refractivity contribution in [3.8, 4) is 6.07 Å². The molecular weight excluding hydrogens is 304 g/mol. The van der Waals surface area contributed by atoms with E-state index in [1.807, 2.05) is 0 Å². The van der Waals surface area contributed by atoms with Gasteiger partial charge in [-0.05, 0) is 44.1 Å². The Morgan fingerprint density at radius 1 is 1.38 bits per heavy atom. The standard InChI is InChI=1S/C18H20N4O2/c1-11(23)14-8-12-15(10-20-14)21-17(24)13(9-19)16(12)22-6-4-18(2-3-18)5-7-22/h8,10-11,23H,2-7H2,1H3,(H,21,24)/t11-/m0/s1. The molecule has 1 aliphatic heterocycles. The van der Waals surface area contributed by atoms with Crippen LogP contribution in [0.15, 0.2) is 17.1 Å². The number of aromatic amines is 1. The minimum atomic E-state index is -0.698. The predicted molar refractivity (Wildman–Crippen MR) is 90.8 cm³/mol. The van der Waals surface area contributed by atoms with Gasteiger partial charge >= 0.3 is 0 Å². The molecule has 2 N–H and O–H groups in total. The van der Waals surface area contributed by atoms with Crippen LogP contribution < -0.4 is 10.5 Å². The molecule has 6 nitrogen and oxygen atoms in total. The Morgan fingerprint density at radius 3 is 2.67 bits per heavy atom. The van der Waals surface area contributed by atoms with Crippen molar-refractivity contribution in [2.24, 2.45) is 5.41 Å². The second kappa shape index (κ2) is 5.32. The fraction of sp³-hybridized carbons (Fsp3) is 0.500. The molecule has 0 radical (unpaired) electrons. The molecule has 0 unspecified atom stereocenters. The molecule has 1 aliphatic carbocycles. The Bertz CT molecular complexity index is 896. The van der Waals surface area contributed by atoms with E-state index in [0.717, 1.165) is 31.3 Å². The van der Waals surface area contributed by atoms with Gasteiger partial charge in [0, 0.05) is 18.5 Å². The van der Waals surface area contributed by atoms with Crippen LogP contribution in [0, 0.1) is 16.7 Å². The maximum Gasteiger partial charge on any atom is 0.268 e. The van der Waals surface area contributed by atoms with Gasteiger partial charge in [0.2, 0.25) is 0 Å². The number of nitrogens with one attached hydrogen (secondary N) is 1. The van der Waals surface area contributed by atoms with Crippen LogP contribution in [0.3, 0.4) is 0 Å². The molecule has 4 rings (SSSR count). The fourth-order valence-electron chi connectivity index (χ4n) is 3.74. The molecule has 2 aliphatic rings. The molecule has 2 fully saturated rings. The molecule has 0 aromatic carbocycles. The zero-order chi connectivity index (χ0) is 16.9. The molecular formula is C18H20N4O2. The molecule has 3 heterocycles. The van der Waals surface area contributed by atoms with Gasteiger partial charge in [0.05, 0.1) is 29.2 Å². The van der Waals surface area contributed by atoms with Gasteiger partial charge in [-0.2, -0.15) is 5.26 Å². The first-order valence-electron chi connectivity index (χ1n) is 8.42. The second-order valence-corrected chi connectivity index (χ2v) is 7.11. The number of hydrogen-bond acceptors (Lipinski definition) is 5. The first kappa shape index (κ1) is 15.2. The molecule has 124 valence electrons. The maximum absolute atomic E-state index is 12.3. The molecule has 2 aromatic rings. The third kappa shape index (κ3) is 2.36. The number of aromatic nitrogens is 2. The van der Waals surface area contributed by atoms with Gasteiger partial charge < -0.3 is 15.0 Å². The smallest absolute Gasteiger partial charge is 0.268 e. The molecule has 1 atom stereocenters. The molecule has 6 heteroatoms. The van der Waals surface area contributed by atoms with E-state index in [-0.39, 0.29) is 11.1 Å². The summed E-state index contributed by atoms with van der Waals surface area (Å²) in [6.07, 6.45) is 5.70. The highest BCUT2D eigenvalue weighted by molar-refractivity contribution is 5.94. The van der Waals surface area contributed by atoms with Gasteiger partial charge in [-0.1, -0.05) is 0 Å². The van der Waals surface area contributed by atoms with Crippen LogP contribution in [0.25, 0.3) is 10.9 Å². The van der Waals surface area contributed by atoms with Crippen LogP contribution in [-0.2, 0) is 0 Å². The summed E-state index contributed by atoms with van der Waals surface area (Å²) < 4.78 is 0. The van der Waals surface area contributed by atoms with Crippen molar-refractivity contribution in [1.82, 2.24) is 9.97 Å². The Morgan fingerprint density at radius 2 is 2.08 bits per heavy atom. The van der Waals surface area contributed by atoms with E-state index in [0.29, 0.717) is 22.3 Å². The van der Waals surface area contributed by atoms with E-state index >= 15 is 0 Å². The van der Waals surface area contributed by atoms with Gasteiger partial charge in [0.1, 0.15) is 11.6 Å². The third-order valence-corrected chi connectivity index (χ3v) is 5.53. The number of aliphatic hydroxyl groups is 1. The van der Waals surface area contributed by atoms with Crippen LogP contribution in [0.1, 0.15) is 50.0 Å². The van der Waals surface area contributed by atoms with Crippen LogP contribution in [0.2, 0.25) is 0 Å². The van der Waals surface area contributed by atoms with Gasteiger partial charge in [-0.3, -0.25) is 9.78 Å². The molecule has 1 spiro atoms. The summed E-state index contributed by atoms with van der Waals surface area (Å²) in [7, 11) is 0. The number of aliphatic hydroxyl groups excluding tert-OH is 1. The Hall–Kier alpha value is -2.39. The highest BCUT2D eigenvalue weighted by atomic mass is 16.3. The topological polar surface area (TPSA) is 93.0 Å². The highest BCUT2D eigenvalue weighted by Crippen LogP contribution is 2.54. The summed E-state index contributed by atoms with van der Waals surface area (Å²) in [6, 6.07) is 3.86. The molecule has 24 heavy (non-hydrogen) atoms. The minimum absolute atomic E-state index is 0.150. The third-order valence-electron chi connectivity index (χ3n) is 5.53. The van der Waals surface area contributed by atoms with E-state index in [2.05, 4.69) is 20.9 Å². The SMILES string of the molecule is C[C@H](O)c1cc2c(N3CCC4(CC3)CC4)c(C#N)c(=O)[nH]c2cn1. The lowest BCUT2D eigenvalue weighted by molar-refractivity contribution is 0.194. The number of pyridine rings is 2. The van der Waals surface area contributed by atoms with E-state index in [1.165, 1.54) is 12.8 Å². The number of H-pyrrole nitrogens is 1. The summed E-state index contributed by atoms with van der Waals surface area (Å²) in [5, 5.41) is 20.1. The van der Waals surface area contributed by atoms with Crippen LogP contribution in [-0.4, -0.2) is 28.2 Å². The zero-order valence-electron chi connectivity index (χ0n) is 13.7. The number of hydrogen-bond donors (Lipinski definition) is 2. The molecule has 1 saturated carbocycles. The van der Waals surface area contributed by atoms with Crippen molar-refractivity contribution in [2.45, 2.75) is 38.7 Å². The van der Waals surface area contributed by atoms with Crippen LogP contribution >= 0.6 is 0 Å². The van der Waals surface area contributed by atoms with Gasteiger partial charge in [-0.25, -0.2) is 0 Å². The highest BCUT2D eigenvalue weighted by Gasteiger charge is 2.44. The lowest BCUT2D eigenvalue weighted by Crippen LogP contribution is -2.36. The van der Waals surface area contributed by atoms with E-state index in [1.54, 1.807) is 19.2 Å². The van der Waals surface area contributed by atoms with Crippen molar-refractivity contribution in [2.75, 3.05) is 18.0 Å². The average Bonchev–Trinajstić information content (AvgIpc) is 3.33. The Labute approximate surface area is 139 Å². The fourth-order valence-corrected chi connectivity index (χ4v) is 3.74. The second-order valence-electron chi connectivity index (χ2n) is 7.11. The maximum atomic E-state index is 12.3. The van der Waals surface area contributed by atoms with Crippen LogP contribution in [0.5, 0.6) is 0 Å². The lowest BCUT2D eigenvalue weighted by atomic mass is 9.92. The predicted octanol–water partition coefficient (Wildman–Crippen LogP) is 2.23. The molecule has 0 bridgehead atoms. The molecule has 0 amide bonds. The first-order chi connectivity index (χ1) is 11.5. The van der Waals surface area contributed by atoms with Gasteiger partial charge in [0.25, 0.3) is 5.56 Å². The average molecular weight is 324 g/mol. The summed E-state index contributed by atoms with van der Waals surface area (Å²) in [5.74, 6) is 0. The molecule has 1 saturated heterocycles. The largest absolute Gasteiger partial charge is 0.387 e. The number of nitriles is 1. The Kier molecular flexibility index (Phi) is 3.36. The van der Waals surface area contributed by atoms with Crippen molar-refractivity contribution in [1.29, 1.82) is 5.26 Å². The van der Waals surface area contributed by atoms with Gasteiger partial charge in [0.15, 0.2) is 0 Å². The van der Waals surface area contributed by atoms with Gasteiger partial charge in [-0.15, -0.1) is 0 Å². The van der Waals surface area contributed by atoms with Crippen molar-refractivity contribution < 1.29 is 5.11 Å². The monoisotopic (exact) mass is 324 g/mol. The number of piperidine rings is 1. The summed E-state index contributed by atoms with van der Waals surface area (Å²) in [4.78, 5) is 21.4. The summed E-state index contributed by atoms with van der Waals surface area (Å²) in [5.41, 5.74) is 2.12. The number of rotatable bonds is 2. The summed E-state index contributed by atoms with van der Waals surface area (Å²) >= 11 is 0. The summed E-state index contributed by atoms with van der Waals surface area (Å²) in [6.45, 7) is 3.38. The first-order valence-corrected chi connectivity index (χ1v) is 8.42. The van der Waals surface area contributed by atoms with E-state index in [4.69, 9.17) is 0 Å². The van der Waals surface area contributed by atoms with Crippen molar-refractivity contribution >= 4 is 16.6 Å². The zero-order valence-corrected chi connectivity index (χ0v) is 13.7. The van der Waals surface area contributed by atoms with E-state index < -0.39 is 6.10 Å². The number of fused-ring (bicyclic) bond motifs is 1. The van der Waals surface area contributed by atoms with E-state index in [9.17, 15) is 15.2 Å². The van der Waals surface area contributed by atoms with Crippen molar-refractivity contribution in [3.63, 3.8) is 0 Å². The Balaban J connectivity index is 1.88. The van der Waals surface area contributed by atoms with Crippen molar-refractivity contribution in [3.05, 3.63) is 33.9 Å². The molecule has 2 aromatic heterocycles. The minimum Gasteiger partial charge on any atom is -0.387 e. The normalized spacial score (nSPS) is 20.1.